The van der Waals surface area contributed by atoms with Crippen molar-refractivity contribution in [1.82, 2.24) is 25.4 Å². The summed E-state index contributed by atoms with van der Waals surface area (Å²) in [7, 11) is 0. The largest absolute Gasteiger partial charge is 0.489 e. The van der Waals surface area contributed by atoms with Gasteiger partial charge in [-0.25, -0.2) is 9.49 Å². The number of nitrogens with one attached hydrogen (secondary N) is 2. The number of carbonyl (C=O) groups excluding carboxylic acids is 1. The van der Waals surface area contributed by atoms with E-state index in [2.05, 4.69) is 25.4 Å². The third kappa shape index (κ3) is 5.19. The number of pyridine rings is 1. The van der Waals surface area contributed by atoms with Crippen LogP contribution < -0.4 is 14.9 Å². The van der Waals surface area contributed by atoms with Crippen molar-refractivity contribution in [1.29, 1.82) is 0 Å². The molecule has 0 bridgehead atoms. The van der Waals surface area contributed by atoms with E-state index in [0.717, 1.165) is 60.5 Å². The molecule has 36 heavy (non-hydrogen) atoms. The van der Waals surface area contributed by atoms with E-state index in [-0.39, 0.29) is 22.4 Å². The molecule has 2 N–H and O–H groups in total. The van der Waals surface area contributed by atoms with E-state index in [1.54, 1.807) is 6.07 Å². The Kier molecular flexibility index (Phi) is 7.15. The fraction of sp³-hybridized carbons (Fsp3) is 0.462. The summed E-state index contributed by atoms with van der Waals surface area (Å²) in [6.07, 6.45) is 4.26. The van der Waals surface area contributed by atoms with E-state index in [9.17, 15) is 14.0 Å². The van der Waals surface area contributed by atoms with Gasteiger partial charge in [0.1, 0.15) is 23.2 Å². The minimum atomic E-state index is -0.635. The van der Waals surface area contributed by atoms with E-state index < -0.39 is 11.7 Å². The number of aryl methyl sites for hydroxylation is 2. The summed E-state index contributed by atoms with van der Waals surface area (Å²) in [6, 6.07) is 6.12. The van der Waals surface area contributed by atoms with Gasteiger partial charge in [0.05, 0.1) is 11.6 Å². The Morgan fingerprint density at radius 2 is 2.11 bits per heavy atom. The molecule has 10 heteroatoms. The molecule has 1 aliphatic heterocycles. The van der Waals surface area contributed by atoms with Crippen LogP contribution in [0.15, 0.2) is 29.1 Å². The predicted octanol–water partition coefficient (Wildman–Crippen LogP) is 3.35. The van der Waals surface area contributed by atoms with Crippen LogP contribution in [0, 0.1) is 12.7 Å². The smallest absolute Gasteiger partial charge is 0.322 e. The maximum absolute atomic E-state index is 15.0. The van der Waals surface area contributed by atoms with Gasteiger partial charge in [-0.1, -0.05) is 18.3 Å². The lowest BCUT2D eigenvalue weighted by molar-refractivity contribution is 0.0931. The molecule has 1 amide bonds. The zero-order chi connectivity index (χ0) is 25.2. The molecular weight excluding hydrogens is 481 g/mol. The number of likely N-dealkylation sites (tertiary alicyclic amines) is 1. The lowest BCUT2D eigenvalue weighted by atomic mass is 9.92. The molecular formula is C26H30FN5O3S. The summed E-state index contributed by atoms with van der Waals surface area (Å²) < 4.78 is 20.9. The third-order valence-corrected chi connectivity index (χ3v) is 7.91. The molecule has 1 unspecified atom stereocenters. The molecule has 2 aromatic heterocycles. The number of hydrogen-bond acceptors (Lipinski definition) is 7. The number of aromatic amines is 1. The minimum Gasteiger partial charge on any atom is -0.489 e. The summed E-state index contributed by atoms with van der Waals surface area (Å²) in [5.41, 5.74) is 4.40. The fourth-order valence-electron chi connectivity index (χ4n) is 5.19. The van der Waals surface area contributed by atoms with E-state index >= 15 is 0 Å². The summed E-state index contributed by atoms with van der Waals surface area (Å²) in [6.45, 7) is 6.44. The lowest BCUT2D eigenvalue weighted by Gasteiger charge is -2.20. The van der Waals surface area contributed by atoms with Gasteiger partial charge in [0, 0.05) is 36.5 Å². The molecule has 2 aliphatic rings. The number of likely N-dealkylation sites (N-methyl/N-ethyl adjacent to an activating group) is 1. The van der Waals surface area contributed by atoms with Crippen molar-refractivity contribution in [3.05, 3.63) is 72.8 Å². The second kappa shape index (κ2) is 10.5. The molecule has 1 fully saturated rings. The molecule has 0 saturated carbocycles. The van der Waals surface area contributed by atoms with Crippen LogP contribution in [0.1, 0.15) is 63.6 Å². The Morgan fingerprint density at radius 3 is 2.86 bits per heavy atom. The van der Waals surface area contributed by atoms with Crippen molar-refractivity contribution in [3.63, 3.8) is 0 Å². The number of fused-ring (bicyclic) bond motifs is 1. The van der Waals surface area contributed by atoms with Crippen LogP contribution in [0.5, 0.6) is 5.75 Å². The molecule has 0 spiro atoms. The average Bonchev–Trinajstić information content (AvgIpc) is 3.48. The molecule has 1 aliphatic carbocycles. The highest BCUT2D eigenvalue weighted by Crippen LogP contribution is 2.29. The number of ether oxygens (including phenoxy) is 1. The Balaban J connectivity index is 1.27. The quantitative estimate of drug-likeness (QED) is 0.505. The highest BCUT2D eigenvalue weighted by atomic mass is 32.1. The van der Waals surface area contributed by atoms with Gasteiger partial charge in [-0.05, 0) is 68.5 Å². The first-order valence-electron chi connectivity index (χ1n) is 12.4. The number of amides is 1. The Labute approximate surface area is 212 Å². The van der Waals surface area contributed by atoms with E-state index in [1.165, 1.54) is 17.7 Å². The number of H-pyrrole nitrogens is 1. The highest BCUT2D eigenvalue weighted by Gasteiger charge is 2.36. The van der Waals surface area contributed by atoms with Gasteiger partial charge < -0.3 is 15.0 Å². The van der Waals surface area contributed by atoms with Crippen LogP contribution in [0.4, 0.5) is 4.39 Å². The molecule has 5 rings (SSSR count). The van der Waals surface area contributed by atoms with Crippen molar-refractivity contribution in [2.24, 2.45) is 0 Å². The van der Waals surface area contributed by atoms with E-state index in [1.807, 2.05) is 19.9 Å². The van der Waals surface area contributed by atoms with Crippen molar-refractivity contribution < 1.29 is 13.9 Å². The molecule has 1 saturated heterocycles. The predicted molar refractivity (Wildman–Crippen MR) is 135 cm³/mol. The van der Waals surface area contributed by atoms with Crippen LogP contribution in [0.3, 0.4) is 0 Å². The van der Waals surface area contributed by atoms with Crippen LogP contribution in [0.2, 0.25) is 0 Å². The zero-order valence-electron chi connectivity index (χ0n) is 20.5. The number of carbonyl (C=O) groups is 1. The first-order valence-corrected chi connectivity index (χ1v) is 13.2. The second-order valence-electron chi connectivity index (χ2n) is 9.48. The summed E-state index contributed by atoms with van der Waals surface area (Å²) >= 11 is 1.05. The summed E-state index contributed by atoms with van der Waals surface area (Å²) in [4.78, 5) is 31.2. The van der Waals surface area contributed by atoms with E-state index in [0.29, 0.717) is 30.5 Å². The average molecular weight is 512 g/mol. The summed E-state index contributed by atoms with van der Waals surface area (Å²) in [5, 5.41) is 10.2. The molecule has 3 aromatic rings. The number of hydrogen-bond donors (Lipinski definition) is 2. The number of halogens is 1. The topological polar surface area (TPSA) is 100 Å². The van der Waals surface area contributed by atoms with Gasteiger partial charge in [-0.3, -0.25) is 14.6 Å². The first-order chi connectivity index (χ1) is 17.4. The van der Waals surface area contributed by atoms with Crippen LogP contribution in [-0.4, -0.2) is 51.7 Å². The van der Waals surface area contributed by atoms with Gasteiger partial charge in [0.2, 0.25) is 0 Å². The van der Waals surface area contributed by atoms with Crippen LogP contribution in [0.25, 0.3) is 0 Å². The monoisotopic (exact) mass is 511 g/mol. The van der Waals surface area contributed by atoms with Crippen molar-refractivity contribution in [3.8, 4) is 5.75 Å². The number of rotatable bonds is 7. The normalized spacial score (nSPS) is 19.8. The Morgan fingerprint density at radius 1 is 1.28 bits per heavy atom. The van der Waals surface area contributed by atoms with Crippen LogP contribution in [-0.2, 0) is 19.4 Å². The Bertz CT molecular complexity index is 1320. The maximum Gasteiger partial charge on any atom is 0.322 e. The Hall–Kier alpha value is -3.11. The van der Waals surface area contributed by atoms with Crippen molar-refractivity contribution >= 4 is 17.2 Å². The molecule has 2 atom stereocenters. The molecule has 8 nitrogen and oxygen atoms in total. The lowest BCUT2D eigenvalue weighted by Crippen LogP contribution is -2.40. The van der Waals surface area contributed by atoms with Crippen molar-refractivity contribution in [2.75, 3.05) is 19.6 Å². The summed E-state index contributed by atoms with van der Waals surface area (Å²) in [5.74, 6) is -0.878. The first kappa shape index (κ1) is 24.6. The SMILES string of the molecule is CCN1CC(c2n[nH]c(=O)s2)[C@H](NC(=O)c2ccc(OCc3cc(C)nc4c3CCCC4)cc2F)C1. The third-order valence-electron chi connectivity index (χ3n) is 7.03. The number of nitrogens with zero attached hydrogens (tertiary/aromatic N) is 3. The molecule has 190 valence electrons. The standard InChI is InChI=1S/C26H30FN5O3S/c1-3-32-12-20(25-30-31-26(34)36-25)23(13-32)29-24(33)19-9-8-17(11-21(19)27)35-14-16-10-15(2)28-22-7-5-4-6-18(16)22/h8-11,20,23H,3-7,12-14H2,1-2H3,(H,29,33)(H,31,34)/t20?,23-/m1/s1. The van der Waals surface area contributed by atoms with Gasteiger partial charge >= 0.3 is 4.87 Å². The van der Waals surface area contributed by atoms with Crippen LogP contribution >= 0.6 is 11.3 Å². The second-order valence-corrected chi connectivity index (χ2v) is 10.5. The fourth-order valence-corrected chi connectivity index (χ4v) is 5.95. The van der Waals surface area contributed by atoms with Gasteiger partial charge in [0.15, 0.2) is 0 Å². The molecule has 1 aromatic carbocycles. The van der Waals surface area contributed by atoms with Gasteiger partial charge in [0.25, 0.3) is 5.91 Å². The maximum atomic E-state index is 15.0. The van der Waals surface area contributed by atoms with Gasteiger partial charge in [-0.15, -0.1) is 0 Å². The number of aromatic nitrogens is 3. The molecule has 3 heterocycles. The molecule has 0 radical (unpaired) electrons. The minimum absolute atomic E-state index is 0.0385. The number of benzene rings is 1. The zero-order valence-corrected chi connectivity index (χ0v) is 21.3. The van der Waals surface area contributed by atoms with Gasteiger partial charge in [-0.2, -0.15) is 5.10 Å². The van der Waals surface area contributed by atoms with Crippen molar-refractivity contribution in [2.45, 2.75) is 58.1 Å². The van der Waals surface area contributed by atoms with E-state index in [4.69, 9.17) is 4.74 Å². The highest BCUT2D eigenvalue weighted by molar-refractivity contribution is 7.08.